The summed E-state index contributed by atoms with van der Waals surface area (Å²) in [5.41, 5.74) is 1.72. The van der Waals surface area contributed by atoms with Gasteiger partial charge in [-0.25, -0.2) is 0 Å². The van der Waals surface area contributed by atoms with Crippen LogP contribution >= 0.6 is 23.2 Å². The van der Waals surface area contributed by atoms with E-state index in [4.69, 9.17) is 32.7 Å². The van der Waals surface area contributed by atoms with Crippen LogP contribution in [0, 0.1) is 0 Å². The summed E-state index contributed by atoms with van der Waals surface area (Å²) < 4.78 is 11.5. The second-order valence-corrected chi connectivity index (χ2v) is 8.07. The van der Waals surface area contributed by atoms with Crippen molar-refractivity contribution in [1.29, 1.82) is 0 Å². The Morgan fingerprint density at radius 2 is 1.83 bits per heavy atom. The van der Waals surface area contributed by atoms with E-state index in [0.717, 1.165) is 24.0 Å². The summed E-state index contributed by atoms with van der Waals surface area (Å²) >= 11 is 12.7. The molecular weight excluding hydrogens is 425 g/mol. The van der Waals surface area contributed by atoms with Gasteiger partial charge in [0.05, 0.1) is 19.3 Å². The lowest BCUT2D eigenvalue weighted by molar-refractivity contribution is -0.145. The molecule has 0 aromatic heterocycles. The van der Waals surface area contributed by atoms with Gasteiger partial charge in [0.2, 0.25) is 0 Å². The Labute approximate surface area is 187 Å². The maximum Gasteiger partial charge on any atom is 0.320 e. The fourth-order valence-electron chi connectivity index (χ4n) is 4.04. The van der Waals surface area contributed by atoms with E-state index >= 15 is 0 Å². The van der Waals surface area contributed by atoms with Gasteiger partial charge >= 0.3 is 5.97 Å². The minimum atomic E-state index is -0.819. The molecule has 0 aliphatic carbocycles. The van der Waals surface area contributed by atoms with Gasteiger partial charge in [-0.2, -0.15) is 0 Å². The summed E-state index contributed by atoms with van der Waals surface area (Å²) in [5, 5.41) is 10.9. The highest BCUT2D eigenvalue weighted by atomic mass is 35.5. The lowest BCUT2D eigenvalue weighted by atomic mass is 9.91. The van der Waals surface area contributed by atoms with Crippen LogP contribution in [0.5, 0.6) is 11.5 Å². The van der Waals surface area contributed by atoms with Gasteiger partial charge in [-0.05, 0) is 68.6 Å². The molecule has 7 heteroatoms. The minimum absolute atomic E-state index is 0.342. The van der Waals surface area contributed by atoms with Crippen LogP contribution in [0.1, 0.15) is 50.3 Å². The molecule has 0 spiro atoms. The van der Waals surface area contributed by atoms with Crippen molar-refractivity contribution in [3.05, 3.63) is 57.6 Å². The lowest BCUT2D eigenvalue weighted by Crippen LogP contribution is -2.46. The first-order valence-electron chi connectivity index (χ1n) is 10.3. The van der Waals surface area contributed by atoms with Crippen molar-refractivity contribution in [2.24, 2.45) is 0 Å². The zero-order chi connectivity index (χ0) is 21.7. The van der Waals surface area contributed by atoms with Crippen molar-refractivity contribution in [1.82, 2.24) is 4.90 Å². The van der Waals surface area contributed by atoms with Crippen molar-refractivity contribution in [2.75, 3.05) is 19.8 Å². The quantitative estimate of drug-likeness (QED) is 0.547. The number of carboxylic acids is 1. The normalized spacial score (nSPS) is 18.1. The number of aliphatic carboxylic acids is 1. The minimum Gasteiger partial charge on any atom is -0.490 e. The fraction of sp³-hybridized carbons (Fsp3) is 0.435. The summed E-state index contributed by atoms with van der Waals surface area (Å²) in [4.78, 5) is 14.1. The molecule has 1 saturated heterocycles. The Bertz CT molecular complexity index is 890. The molecule has 0 saturated carbocycles. The van der Waals surface area contributed by atoms with Crippen LogP contribution in [-0.4, -0.2) is 41.8 Å². The largest absolute Gasteiger partial charge is 0.490 e. The first-order valence-corrected chi connectivity index (χ1v) is 11.0. The maximum atomic E-state index is 12.0. The number of benzene rings is 2. The van der Waals surface area contributed by atoms with Crippen LogP contribution in [0.3, 0.4) is 0 Å². The number of piperidine rings is 1. The van der Waals surface area contributed by atoms with Crippen LogP contribution in [0.2, 0.25) is 10.0 Å². The van der Waals surface area contributed by atoms with Crippen molar-refractivity contribution < 1.29 is 19.4 Å². The molecule has 2 aromatic carbocycles. The predicted molar refractivity (Wildman–Crippen MR) is 119 cm³/mol. The second kappa shape index (κ2) is 10.4. The standard InChI is InChI=1S/C23H27Cl2NO4/c1-3-29-20-11-8-15(13-21(20)30-4-2)22(17-10-9-16(24)14-18(17)25)26-12-6-5-7-19(26)23(27)28/h8-11,13-14,19,22H,3-7,12H2,1-2H3,(H,27,28). The SMILES string of the molecule is CCOc1ccc(C(c2ccc(Cl)cc2Cl)N2CCCCC2C(=O)O)cc1OCC. The van der Waals surface area contributed by atoms with Crippen LogP contribution in [0.15, 0.2) is 36.4 Å². The molecule has 0 radical (unpaired) electrons. The molecule has 1 heterocycles. The van der Waals surface area contributed by atoms with Crippen molar-refractivity contribution in [3.63, 3.8) is 0 Å². The van der Waals surface area contributed by atoms with Gasteiger partial charge in [0, 0.05) is 10.0 Å². The van der Waals surface area contributed by atoms with Crippen molar-refractivity contribution in [2.45, 2.75) is 45.2 Å². The van der Waals surface area contributed by atoms with E-state index in [1.54, 1.807) is 12.1 Å². The van der Waals surface area contributed by atoms with Gasteiger partial charge in [-0.1, -0.05) is 41.8 Å². The third-order valence-electron chi connectivity index (χ3n) is 5.30. The van der Waals surface area contributed by atoms with Crippen LogP contribution < -0.4 is 9.47 Å². The number of hydrogen-bond acceptors (Lipinski definition) is 4. The van der Waals surface area contributed by atoms with Gasteiger partial charge in [-0.15, -0.1) is 0 Å². The topological polar surface area (TPSA) is 59.0 Å². The molecule has 1 aliphatic rings. The molecule has 30 heavy (non-hydrogen) atoms. The Morgan fingerprint density at radius 3 is 2.50 bits per heavy atom. The molecule has 5 nitrogen and oxygen atoms in total. The van der Waals surface area contributed by atoms with Crippen molar-refractivity contribution >= 4 is 29.2 Å². The van der Waals surface area contributed by atoms with Gasteiger partial charge in [0.1, 0.15) is 6.04 Å². The molecule has 2 aromatic rings. The number of nitrogens with zero attached hydrogens (tertiary/aromatic N) is 1. The lowest BCUT2D eigenvalue weighted by Gasteiger charge is -2.40. The van der Waals surface area contributed by atoms with E-state index in [1.165, 1.54) is 0 Å². The smallest absolute Gasteiger partial charge is 0.320 e. The first kappa shape index (κ1) is 22.7. The average molecular weight is 452 g/mol. The number of likely N-dealkylation sites (tertiary alicyclic amines) is 1. The zero-order valence-electron chi connectivity index (χ0n) is 17.2. The van der Waals surface area contributed by atoms with E-state index in [1.807, 2.05) is 43.0 Å². The molecule has 162 valence electrons. The molecular formula is C23H27Cl2NO4. The van der Waals surface area contributed by atoms with Gasteiger partial charge < -0.3 is 14.6 Å². The highest BCUT2D eigenvalue weighted by molar-refractivity contribution is 6.35. The van der Waals surface area contributed by atoms with E-state index in [2.05, 4.69) is 0 Å². The van der Waals surface area contributed by atoms with Crippen molar-refractivity contribution in [3.8, 4) is 11.5 Å². The molecule has 1 aliphatic heterocycles. The summed E-state index contributed by atoms with van der Waals surface area (Å²) in [6.07, 6.45) is 2.43. The van der Waals surface area contributed by atoms with Crippen LogP contribution in [0.4, 0.5) is 0 Å². The molecule has 1 N–H and O–H groups in total. The predicted octanol–water partition coefficient (Wildman–Crippen LogP) is 5.82. The third-order valence-corrected chi connectivity index (χ3v) is 5.86. The highest BCUT2D eigenvalue weighted by Gasteiger charge is 2.36. The molecule has 2 unspecified atom stereocenters. The molecule has 0 bridgehead atoms. The number of carbonyl (C=O) groups is 1. The number of hydrogen-bond donors (Lipinski definition) is 1. The van der Waals surface area contributed by atoms with E-state index in [9.17, 15) is 9.90 Å². The molecule has 2 atom stereocenters. The number of rotatable bonds is 8. The Kier molecular flexibility index (Phi) is 7.87. The number of ether oxygens (including phenoxy) is 2. The highest BCUT2D eigenvalue weighted by Crippen LogP contribution is 2.41. The second-order valence-electron chi connectivity index (χ2n) is 7.23. The molecule has 1 fully saturated rings. The summed E-state index contributed by atoms with van der Waals surface area (Å²) in [6.45, 7) is 5.53. The maximum absolute atomic E-state index is 12.0. The van der Waals surface area contributed by atoms with Gasteiger partial charge in [0.15, 0.2) is 11.5 Å². The third kappa shape index (κ3) is 5.02. The monoisotopic (exact) mass is 451 g/mol. The Morgan fingerprint density at radius 1 is 1.10 bits per heavy atom. The Balaban J connectivity index is 2.14. The van der Waals surface area contributed by atoms with E-state index in [0.29, 0.717) is 47.7 Å². The van der Waals surface area contributed by atoms with E-state index < -0.39 is 12.0 Å². The Hall–Kier alpha value is -1.95. The van der Waals surface area contributed by atoms with Crippen LogP contribution in [-0.2, 0) is 4.79 Å². The fourth-order valence-corrected chi connectivity index (χ4v) is 4.55. The van der Waals surface area contributed by atoms with Gasteiger partial charge in [0.25, 0.3) is 0 Å². The summed E-state index contributed by atoms with van der Waals surface area (Å²) in [5.74, 6) is 0.481. The first-order chi connectivity index (χ1) is 14.5. The van der Waals surface area contributed by atoms with Crippen LogP contribution in [0.25, 0.3) is 0 Å². The van der Waals surface area contributed by atoms with E-state index in [-0.39, 0.29) is 6.04 Å². The molecule has 3 rings (SSSR count). The number of halogens is 2. The van der Waals surface area contributed by atoms with Gasteiger partial charge in [-0.3, -0.25) is 9.69 Å². The summed E-state index contributed by atoms with van der Waals surface area (Å²) in [7, 11) is 0. The number of carboxylic acid groups (broad SMARTS) is 1. The zero-order valence-corrected chi connectivity index (χ0v) is 18.7. The molecule has 0 amide bonds. The summed E-state index contributed by atoms with van der Waals surface area (Å²) in [6, 6.07) is 10.2. The average Bonchev–Trinajstić information content (AvgIpc) is 2.72.